The lowest BCUT2D eigenvalue weighted by molar-refractivity contribution is -0.137. The molecule has 1 saturated carbocycles. The van der Waals surface area contributed by atoms with E-state index in [2.05, 4.69) is 4.90 Å². The summed E-state index contributed by atoms with van der Waals surface area (Å²) in [4.78, 5) is 14.7. The van der Waals surface area contributed by atoms with Crippen molar-refractivity contribution >= 4 is 5.91 Å². The van der Waals surface area contributed by atoms with Gasteiger partial charge in [0, 0.05) is 18.6 Å². The van der Waals surface area contributed by atoms with Gasteiger partial charge in [-0.05, 0) is 30.7 Å². The van der Waals surface area contributed by atoms with E-state index in [9.17, 15) is 4.79 Å². The second-order valence-electron chi connectivity index (χ2n) is 6.05. The Hall–Kier alpha value is -1.35. The average Bonchev–Trinajstić information content (AvgIpc) is 3.08. The van der Waals surface area contributed by atoms with Crippen LogP contribution in [-0.2, 0) is 4.79 Å². The van der Waals surface area contributed by atoms with Crippen LogP contribution in [0, 0.1) is 11.8 Å². The maximum Gasteiger partial charge on any atom is 0.227 e. The van der Waals surface area contributed by atoms with Crippen LogP contribution in [0.2, 0.25) is 0 Å². The third-order valence-electron chi connectivity index (χ3n) is 4.80. The third kappa shape index (κ3) is 2.27. The fraction of sp³-hybridized carbons (Fsp3) is 0.562. The topological polar surface area (TPSA) is 46.3 Å². The quantitative estimate of drug-likeness (QED) is 0.904. The van der Waals surface area contributed by atoms with Gasteiger partial charge in [0.05, 0.1) is 5.92 Å². The second-order valence-corrected chi connectivity index (χ2v) is 6.05. The third-order valence-corrected chi connectivity index (χ3v) is 4.80. The van der Waals surface area contributed by atoms with Crippen molar-refractivity contribution in [1.29, 1.82) is 0 Å². The lowest BCUT2D eigenvalue weighted by Gasteiger charge is -2.31. The van der Waals surface area contributed by atoms with Gasteiger partial charge >= 0.3 is 0 Å². The normalized spacial score (nSPS) is 28.4. The Morgan fingerprint density at radius 3 is 2.63 bits per heavy atom. The number of nitrogens with zero attached hydrogens (tertiary/aromatic N) is 1. The number of rotatable bonds is 3. The molecule has 1 saturated heterocycles. The summed E-state index contributed by atoms with van der Waals surface area (Å²) in [6.45, 7) is 2.92. The predicted octanol–water partition coefficient (Wildman–Crippen LogP) is 2.33. The van der Waals surface area contributed by atoms with E-state index in [1.165, 1.54) is 19.3 Å². The van der Waals surface area contributed by atoms with Crippen molar-refractivity contribution in [3.05, 3.63) is 35.9 Å². The average molecular weight is 258 g/mol. The van der Waals surface area contributed by atoms with Crippen LogP contribution in [0.4, 0.5) is 0 Å². The van der Waals surface area contributed by atoms with Crippen LogP contribution in [0.15, 0.2) is 30.3 Å². The summed E-state index contributed by atoms with van der Waals surface area (Å²) in [5, 5.41) is 0. The molecule has 102 valence electrons. The van der Waals surface area contributed by atoms with E-state index in [1.807, 2.05) is 37.3 Å². The van der Waals surface area contributed by atoms with Gasteiger partial charge in [-0.2, -0.15) is 0 Å². The molecule has 1 aliphatic carbocycles. The Morgan fingerprint density at radius 2 is 2.05 bits per heavy atom. The molecule has 4 unspecified atom stereocenters. The Morgan fingerprint density at radius 1 is 1.32 bits per heavy atom. The van der Waals surface area contributed by atoms with Crippen molar-refractivity contribution in [1.82, 2.24) is 4.90 Å². The number of benzene rings is 1. The van der Waals surface area contributed by atoms with Crippen molar-refractivity contribution < 1.29 is 4.79 Å². The van der Waals surface area contributed by atoms with Gasteiger partial charge in [0.1, 0.15) is 0 Å². The number of hydrogen-bond donors (Lipinski definition) is 1. The van der Waals surface area contributed by atoms with Crippen molar-refractivity contribution in [2.45, 2.75) is 38.3 Å². The largest absolute Gasteiger partial charge is 0.339 e. The standard InChI is InChI=1S/C16H22N2O/c1-11(15(17)13-5-3-2-4-6-13)16(19)18-10-12-7-8-14(18)9-12/h2-6,11-12,14-15H,7-10,17H2,1H3. The maximum atomic E-state index is 12.6. The summed E-state index contributed by atoms with van der Waals surface area (Å²) >= 11 is 0. The first-order valence-electron chi connectivity index (χ1n) is 7.28. The number of piperidine rings is 1. The molecule has 2 fully saturated rings. The molecule has 4 atom stereocenters. The highest BCUT2D eigenvalue weighted by molar-refractivity contribution is 5.80. The number of carbonyl (C=O) groups is 1. The van der Waals surface area contributed by atoms with Gasteiger partial charge in [0.25, 0.3) is 0 Å². The summed E-state index contributed by atoms with van der Waals surface area (Å²) in [7, 11) is 0. The first kappa shape index (κ1) is 12.7. The molecule has 3 rings (SSSR count). The molecular formula is C16H22N2O. The minimum atomic E-state index is -0.201. The predicted molar refractivity (Wildman–Crippen MR) is 75.4 cm³/mol. The molecule has 1 heterocycles. The zero-order chi connectivity index (χ0) is 13.4. The molecule has 1 aromatic rings. The van der Waals surface area contributed by atoms with Crippen molar-refractivity contribution in [3.8, 4) is 0 Å². The highest BCUT2D eigenvalue weighted by Gasteiger charge is 2.42. The molecule has 0 aromatic heterocycles. The minimum Gasteiger partial charge on any atom is -0.339 e. The number of fused-ring (bicyclic) bond motifs is 2. The zero-order valence-corrected chi connectivity index (χ0v) is 11.5. The van der Waals surface area contributed by atoms with Crippen LogP contribution in [0.25, 0.3) is 0 Å². The highest BCUT2D eigenvalue weighted by Crippen LogP contribution is 2.38. The van der Waals surface area contributed by atoms with Crippen molar-refractivity contribution in [2.24, 2.45) is 17.6 Å². The minimum absolute atomic E-state index is 0.137. The van der Waals surface area contributed by atoms with Crippen molar-refractivity contribution in [3.63, 3.8) is 0 Å². The van der Waals surface area contributed by atoms with E-state index in [4.69, 9.17) is 5.73 Å². The fourth-order valence-electron chi connectivity index (χ4n) is 3.57. The van der Waals surface area contributed by atoms with Crippen molar-refractivity contribution in [2.75, 3.05) is 6.54 Å². The molecule has 1 aromatic carbocycles. The van der Waals surface area contributed by atoms with E-state index in [1.54, 1.807) is 0 Å². The monoisotopic (exact) mass is 258 g/mol. The molecule has 19 heavy (non-hydrogen) atoms. The number of likely N-dealkylation sites (tertiary alicyclic amines) is 1. The SMILES string of the molecule is CC(C(=O)N1CC2CCC1C2)C(N)c1ccccc1. The molecule has 0 spiro atoms. The molecule has 1 amide bonds. The van der Waals surface area contributed by atoms with Crippen LogP contribution >= 0.6 is 0 Å². The summed E-state index contributed by atoms with van der Waals surface area (Å²) in [6, 6.07) is 10.2. The molecular weight excluding hydrogens is 236 g/mol. The number of nitrogens with two attached hydrogens (primary N) is 1. The summed E-state index contributed by atoms with van der Waals surface area (Å²) < 4.78 is 0. The summed E-state index contributed by atoms with van der Waals surface area (Å²) in [5.41, 5.74) is 7.31. The summed E-state index contributed by atoms with van der Waals surface area (Å²) in [5.74, 6) is 0.847. The van der Waals surface area contributed by atoms with Crippen LogP contribution in [0.1, 0.15) is 37.8 Å². The molecule has 2 aliphatic rings. The van der Waals surface area contributed by atoms with Gasteiger partial charge in [-0.25, -0.2) is 0 Å². The van der Waals surface area contributed by atoms with Gasteiger partial charge in [0.2, 0.25) is 5.91 Å². The fourth-order valence-corrected chi connectivity index (χ4v) is 3.57. The molecule has 1 aliphatic heterocycles. The first-order valence-corrected chi connectivity index (χ1v) is 7.28. The van der Waals surface area contributed by atoms with Crippen LogP contribution in [-0.4, -0.2) is 23.4 Å². The maximum absolute atomic E-state index is 12.6. The van der Waals surface area contributed by atoms with Crippen LogP contribution < -0.4 is 5.73 Å². The highest BCUT2D eigenvalue weighted by atomic mass is 16.2. The second kappa shape index (κ2) is 4.97. The van der Waals surface area contributed by atoms with Crippen LogP contribution in [0.3, 0.4) is 0 Å². The van der Waals surface area contributed by atoms with Gasteiger partial charge in [-0.3, -0.25) is 4.79 Å². The smallest absolute Gasteiger partial charge is 0.227 e. The van der Waals surface area contributed by atoms with E-state index in [0.29, 0.717) is 6.04 Å². The Balaban J connectivity index is 1.70. The molecule has 0 radical (unpaired) electrons. The molecule has 2 bridgehead atoms. The molecule has 2 N–H and O–H groups in total. The Labute approximate surface area is 114 Å². The zero-order valence-electron chi connectivity index (χ0n) is 11.5. The van der Waals surface area contributed by atoms with E-state index >= 15 is 0 Å². The number of amides is 1. The van der Waals surface area contributed by atoms with Gasteiger partial charge in [-0.15, -0.1) is 0 Å². The Kier molecular flexibility index (Phi) is 3.31. The number of hydrogen-bond acceptors (Lipinski definition) is 2. The molecule has 3 nitrogen and oxygen atoms in total. The number of carbonyl (C=O) groups excluding carboxylic acids is 1. The molecule has 3 heteroatoms. The van der Waals surface area contributed by atoms with Gasteiger partial charge < -0.3 is 10.6 Å². The van der Waals surface area contributed by atoms with Crippen LogP contribution in [0.5, 0.6) is 0 Å². The summed E-state index contributed by atoms with van der Waals surface area (Å²) in [6.07, 6.45) is 3.69. The lowest BCUT2D eigenvalue weighted by Crippen LogP contribution is -2.43. The Bertz CT molecular complexity index is 459. The first-order chi connectivity index (χ1) is 9.16. The van der Waals surface area contributed by atoms with Gasteiger partial charge in [-0.1, -0.05) is 37.3 Å². The van der Waals surface area contributed by atoms with E-state index in [0.717, 1.165) is 18.0 Å². The van der Waals surface area contributed by atoms with Gasteiger partial charge in [0.15, 0.2) is 0 Å². The van der Waals surface area contributed by atoms with E-state index < -0.39 is 0 Å². The lowest BCUT2D eigenvalue weighted by atomic mass is 9.93. The van der Waals surface area contributed by atoms with E-state index in [-0.39, 0.29) is 17.9 Å².